The van der Waals surface area contributed by atoms with Crippen LogP contribution in [0.25, 0.3) is 33.3 Å². The summed E-state index contributed by atoms with van der Waals surface area (Å²) >= 11 is 12.2. The van der Waals surface area contributed by atoms with Crippen molar-refractivity contribution in [3.63, 3.8) is 0 Å². The first-order chi connectivity index (χ1) is 15.8. The van der Waals surface area contributed by atoms with E-state index < -0.39 is 16.5 Å². The Hall–Kier alpha value is -3.95. The van der Waals surface area contributed by atoms with Crippen molar-refractivity contribution in [1.82, 2.24) is 9.97 Å². The second-order valence-corrected chi connectivity index (χ2v) is 7.59. The Kier molecular flexibility index (Phi) is 5.99. The second kappa shape index (κ2) is 8.89. The van der Waals surface area contributed by atoms with Gasteiger partial charge in [0.2, 0.25) is 0 Å². The highest BCUT2D eigenvalue weighted by molar-refractivity contribution is 6.50. The molecule has 0 amide bonds. The molecule has 11 heteroatoms. The average Bonchev–Trinajstić information content (AvgIpc) is 3.26. The van der Waals surface area contributed by atoms with E-state index in [4.69, 9.17) is 27.6 Å². The normalized spacial score (nSPS) is 11.5. The van der Waals surface area contributed by atoms with Crippen molar-refractivity contribution in [1.29, 1.82) is 0 Å². The van der Waals surface area contributed by atoms with E-state index in [1.807, 2.05) is 0 Å². The van der Waals surface area contributed by atoms with Gasteiger partial charge in [0, 0.05) is 17.2 Å². The molecule has 4 rings (SSSR count). The zero-order valence-electron chi connectivity index (χ0n) is 16.8. The highest BCUT2D eigenvalue weighted by Gasteiger charge is 2.19. The molecule has 1 N–H and O–H groups in total. The van der Waals surface area contributed by atoms with Crippen molar-refractivity contribution in [2.24, 2.45) is 0 Å². The van der Waals surface area contributed by atoms with Crippen LogP contribution in [-0.2, 0) is 4.74 Å². The van der Waals surface area contributed by atoms with Crippen molar-refractivity contribution in [3.8, 4) is 11.3 Å². The molecule has 0 saturated carbocycles. The second-order valence-electron chi connectivity index (χ2n) is 6.75. The number of aromatic amines is 1. The number of esters is 1. The lowest BCUT2D eigenvalue weighted by molar-refractivity contribution is -0.384. The van der Waals surface area contributed by atoms with E-state index in [9.17, 15) is 19.7 Å². The number of carbonyl (C=O) groups is 1. The van der Waals surface area contributed by atoms with Crippen molar-refractivity contribution in [2.75, 3.05) is 7.11 Å². The summed E-state index contributed by atoms with van der Waals surface area (Å²) in [6.45, 7) is 0. The van der Waals surface area contributed by atoms with Gasteiger partial charge in [0.15, 0.2) is 5.82 Å². The van der Waals surface area contributed by atoms with Gasteiger partial charge in [-0.3, -0.25) is 14.9 Å². The van der Waals surface area contributed by atoms with Gasteiger partial charge < -0.3 is 14.1 Å². The van der Waals surface area contributed by atoms with Crippen LogP contribution in [0.15, 0.2) is 57.7 Å². The fraction of sp³-hybridized carbons (Fsp3) is 0.0455. The molecule has 0 bridgehead atoms. The molecule has 0 unspecified atom stereocenters. The zero-order chi connectivity index (χ0) is 23.7. The summed E-state index contributed by atoms with van der Waals surface area (Å²) < 4.78 is 10.4. The first-order valence-electron chi connectivity index (χ1n) is 9.31. The number of furan rings is 1. The molecular weight excluding hydrogens is 473 g/mol. The Morgan fingerprint density at radius 3 is 2.73 bits per heavy atom. The highest BCUT2D eigenvalue weighted by Crippen LogP contribution is 2.34. The fourth-order valence-electron chi connectivity index (χ4n) is 3.13. The number of nitrogens with one attached hydrogen (secondary N) is 1. The van der Waals surface area contributed by atoms with E-state index >= 15 is 0 Å². The molecule has 2 aromatic heterocycles. The van der Waals surface area contributed by atoms with E-state index in [1.165, 1.54) is 49.6 Å². The number of fused-ring (bicyclic) bond motifs is 1. The van der Waals surface area contributed by atoms with Crippen LogP contribution in [-0.4, -0.2) is 28.0 Å². The van der Waals surface area contributed by atoms with Crippen LogP contribution >= 0.6 is 23.2 Å². The largest absolute Gasteiger partial charge is 0.465 e. The molecule has 0 fully saturated rings. The molecule has 0 radical (unpaired) electrons. The molecule has 0 atom stereocenters. The van der Waals surface area contributed by atoms with Crippen LogP contribution in [0.2, 0.25) is 5.02 Å². The van der Waals surface area contributed by atoms with Gasteiger partial charge in [-0.15, -0.1) is 0 Å². The lowest BCUT2D eigenvalue weighted by atomic mass is 10.1. The number of halogens is 2. The van der Waals surface area contributed by atoms with Crippen LogP contribution in [0.4, 0.5) is 5.69 Å². The third kappa shape index (κ3) is 4.50. The molecule has 2 heterocycles. The minimum Gasteiger partial charge on any atom is -0.465 e. The number of hydrogen-bond donors (Lipinski definition) is 1. The van der Waals surface area contributed by atoms with Gasteiger partial charge in [-0.05, 0) is 42.5 Å². The predicted molar refractivity (Wildman–Crippen MR) is 123 cm³/mol. The minimum atomic E-state index is -0.568. The molecule has 2 aromatic carbocycles. The molecule has 0 aliphatic rings. The van der Waals surface area contributed by atoms with Crippen LogP contribution in [0.3, 0.4) is 0 Å². The van der Waals surface area contributed by atoms with Crippen LogP contribution in [0.1, 0.15) is 21.9 Å². The number of ether oxygens (including phenoxy) is 1. The van der Waals surface area contributed by atoms with Crippen molar-refractivity contribution in [3.05, 3.63) is 91.2 Å². The molecule has 33 heavy (non-hydrogen) atoms. The molecule has 166 valence electrons. The van der Waals surface area contributed by atoms with Gasteiger partial charge in [0.25, 0.3) is 11.2 Å². The third-order valence-electron chi connectivity index (χ3n) is 4.67. The summed E-state index contributed by atoms with van der Waals surface area (Å²) in [5.41, 5.74) is 0.0672. The van der Waals surface area contributed by atoms with Crippen LogP contribution in [0.5, 0.6) is 0 Å². The molecular formula is C22H13Cl2N3O6. The Morgan fingerprint density at radius 1 is 1.21 bits per heavy atom. The monoisotopic (exact) mass is 485 g/mol. The van der Waals surface area contributed by atoms with Crippen molar-refractivity contribution >= 4 is 56.9 Å². The molecule has 0 aliphatic heterocycles. The number of aromatic nitrogens is 2. The topological polar surface area (TPSA) is 128 Å². The number of carbonyl (C=O) groups excluding carboxylic acids is 1. The SMILES string of the molecule is COC(=O)c1ccc2c(=O)[nH]c(C(Cl)=Cc3ccc(-c4ccc(Cl)cc4[N+](=O)[O-])o3)nc2c1. The number of nitro groups is 1. The number of nitrogens with zero attached hydrogens (tertiary/aromatic N) is 2. The Bertz CT molecular complexity index is 1510. The molecule has 9 nitrogen and oxygen atoms in total. The average molecular weight is 486 g/mol. The third-order valence-corrected chi connectivity index (χ3v) is 5.19. The maximum Gasteiger partial charge on any atom is 0.337 e. The maximum absolute atomic E-state index is 12.4. The lowest BCUT2D eigenvalue weighted by Gasteiger charge is -2.04. The summed E-state index contributed by atoms with van der Waals surface area (Å²) in [7, 11) is 1.25. The number of hydrogen-bond acceptors (Lipinski definition) is 7. The van der Waals surface area contributed by atoms with E-state index in [0.717, 1.165) is 0 Å². The maximum atomic E-state index is 12.4. The van der Waals surface area contributed by atoms with Gasteiger partial charge in [-0.2, -0.15) is 0 Å². The van der Waals surface area contributed by atoms with Crippen LogP contribution in [0, 0.1) is 10.1 Å². The van der Waals surface area contributed by atoms with Crippen molar-refractivity contribution < 1.29 is 18.9 Å². The summed E-state index contributed by atoms with van der Waals surface area (Å²) in [5.74, 6) is -0.0183. The van der Waals surface area contributed by atoms with Gasteiger partial charge in [0.1, 0.15) is 11.5 Å². The molecule has 0 saturated heterocycles. The Labute approximate surface area is 195 Å². The van der Waals surface area contributed by atoms with Gasteiger partial charge in [-0.1, -0.05) is 23.2 Å². The summed E-state index contributed by atoms with van der Waals surface area (Å²) in [6.07, 6.45) is 1.40. The summed E-state index contributed by atoms with van der Waals surface area (Å²) in [5, 5.41) is 11.9. The Balaban J connectivity index is 1.72. The van der Waals surface area contributed by atoms with Gasteiger partial charge >= 0.3 is 5.97 Å². The van der Waals surface area contributed by atoms with E-state index in [1.54, 1.807) is 12.1 Å². The number of H-pyrrole nitrogens is 1. The smallest absolute Gasteiger partial charge is 0.337 e. The molecule has 4 aromatic rings. The van der Waals surface area contributed by atoms with Gasteiger partial charge in [0.05, 0.1) is 39.1 Å². The standard InChI is InChI=1S/C22H13Cl2N3O6/c1-32-22(29)11-2-5-14-17(8-11)25-20(26-21(14)28)16(24)10-13-4-7-19(33-13)15-6-3-12(23)9-18(15)27(30)31/h2-10H,1H3,(H,25,26,28). The number of methoxy groups -OCH3 is 1. The molecule has 0 spiro atoms. The predicted octanol–water partition coefficient (Wildman–Crippen LogP) is 5.27. The first kappa shape index (κ1) is 22.3. The van der Waals surface area contributed by atoms with E-state index in [-0.39, 0.29) is 55.1 Å². The minimum absolute atomic E-state index is 0.0453. The number of benzene rings is 2. The first-order valence-corrected chi connectivity index (χ1v) is 10.1. The Morgan fingerprint density at radius 2 is 2.00 bits per heavy atom. The fourth-order valence-corrected chi connectivity index (χ4v) is 3.49. The van der Waals surface area contributed by atoms with E-state index in [0.29, 0.717) is 0 Å². The number of nitro benzene ring substituents is 1. The quantitative estimate of drug-likeness (QED) is 0.231. The highest BCUT2D eigenvalue weighted by atomic mass is 35.5. The number of rotatable bonds is 5. The summed E-state index contributed by atoms with van der Waals surface area (Å²) in [6, 6.07) is 11.7. The molecule has 0 aliphatic carbocycles. The van der Waals surface area contributed by atoms with Gasteiger partial charge in [-0.25, -0.2) is 9.78 Å². The zero-order valence-corrected chi connectivity index (χ0v) is 18.3. The lowest BCUT2D eigenvalue weighted by Crippen LogP contribution is -2.11. The summed E-state index contributed by atoms with van der Waals surface area (Å²) in [4.78, 5) is 41.9. The van der Waals surface area contributed by atoms with Crippen molar-refractivity contribution in [2.45, 2.75) is 0 Å². The van der Waals surface area contributed by atoms with E-state index in [2.05, 4.69) is 14.7 Å². The van der Waals surface area contributed by atoms with Crippen LogP contribution < -0.4 is 5.56 Å².